The Hall–Kier alpha value is -2.54. The van der Waals surface area contributed by atoms with Gasteiger partial charge in [-0.1, -0.05) is 49.5 Å². The van der Waals surface area contributed by atoms with Crippen molar-refractivity contribution in [3.63, 3.8) is 0 Å². The number of nitrogens with one attached hydrogen (secondary N) is 1. The van der Waals surface area contributed by atoms with Crippen LogP contribution >= 0.6 is 0 Å². The third kappa shape index (κ3) is 3.83. The highest BCUT2D eigenvalue weighted by Crippen LogP contribution is 2.38. The maximum atomic E-state index is 13.1. The van der Waals surface area contributed by atoms with Crippen LogP contribution in [0.3, 0.4) is 0 Å². The SMILES string of the molecule is CCc1ccc(OC)c(S(=O)(=O)Nc2noc3c(C4CCCCC4)cccc23)c1. The lowest BCUT2D eigenvalue weighted by Crippen LogP contribution is -2.15. The molecule has 29 heavy (non-hydrogen) atoms. The monoisotopic (exact) mass is 414 g/mol. The molecule has 0 spiro atoms. The number of aromatic nitrogens is 1. The normalized spacial score (nSPS) is 15.5. The van der Waals surface area contributed by atoms with Gasteiger partial charge >= 0.3 is 0 Å². The molecular formula is C22H26N2O4S. The number of methoxy groups -OCH3 is 1. The van der Waals surface area contributed by atoms with Crippen molar-refractivity contribution in [2.75, 3.05) is 11.8 Å². The molecular weight excluding hydrogens is 388 g/mol. The second-order valence-corrected chi connectivity index (χ2v) is 9.19. The van der Waals surface area contributed by atoms with Crippen molar-refractivity contribution in [3.8, 4) is 5.75 Å². The fraction of sp³-hybridized carbons (Fsp3) is 0.409. The van der Waals surface area contributed by atoms with Crippen LogP contribution in [-0.4, -0.2) is 20.7 Å². The number of fused-ring (bicyclic) bond motifs is 1. The molecule has 1 aromatic heterocycles. The van der Waals surface area contributed by atoms with Crippen molar-refractivity contribution in [3.05, 3.63) is 47.5 Å². The number of nitrogens with zero attached hydrogens (tertiary/aromatic N) is 1. The minimum atomic E-state index is -3.89. The molecule has 3 aromatic rings. The van der Waals surface area contributed by atoms with Gasteiger partial charge in [0.15, 0.2) is 11.4 Å². The molecule has 1 N–H and O–H groups in total. The highest BCUT2D eigenvalue weighted by atomic mass is 32.2. The largest absolute Gasteiger partial charge is 0.495 e. The minimum absolute atomic E-state index is 0.0962. The number of aryl methyl sites for hydroxylation is 1. The molecule has 1 aliphatic carbocycles. The van der Waals surface area contributed by atoms with Gasteiger partial charge in [0.25, 0.3) is 10.0 Å². The van der Waals surface area contributed by atoms with Crippen molar-refractivity contribution in [2.45, 2.75) is 56.3 Å². The number of anilines is 1. The molecule has 1 fully saturated rings. The van der Waals surface area contributed by atoms with Gasteiger partial charge in [0.1, 0.15) is 10.6 Å². The zero-order valence-corrected chi connectivity index (χ0v) is 17.6. The fourth-order valence-corrected chi connectivity index (χ4v) is 5.36. The van der Waals surface area contributed by atoms with Crippen LogP contribution in [0.5, 0.6) is 5.75 Å². The van der Waals surface area contributed by atoms with Crippen molar-refractivity contribution in [1.29, 1.82) is 0 Å². The number of rotatable bonds is 6. The summed E-state index contributed by atoms with van der Waals surface area (Å²) >= 11 is 0. The van der Waals surface area contributed by atoms with E-state index in [9.17, 15) is 8.42 Å². The van der Waals surface area contributed by atoms with Gasteiger partial charge in [-0.25, -0.2) is 8.42 Å². The summed E-state index contributed by atoms with van der Waals surface area (Å²) in [7, 11) is -2.43. The van der Waals surface area contributed by atoms with Gasteiger partial charge in [-0.2, -0.15) is 0 Å². The molecule has 2 aromatic carbocycles. The topological polar surface area (TPSA) is 81.4 Å². The first-order valence-electron chi connectivity index (χ1n) is 10.1. The molecule has 1 saturated carbocycles. The van der Waals surface area contributed by atoms with Gasteiger partial charge in [0.2, 0.25) is 0 Å². The molecule has 7 heteroatoms. The molecule has 0 amide bonds. The maximum absolute atomic E-state index is 13.1. The Balaban J connectivity index is 1.71. The van der Waals surface area contributed by atoms with E-state index in [1.54, 1.807) is 12.1 Å². The Morgan fingerprint density at radius 1 is 1.17 bits per heavy atom. The number of para-hydroxylation sites is 1. The third-order valence-electron chi connectivity index (χ3n) is 5.73. The number of hydrogen-bond donors (Lipinski definition) is 1. The van der Waals surface area contributed by atoms with Gasteiger partial charge in [-0.15, -0.1) is 0 Å². The Labute approximate surface area is 171 Å². The fourth-order valence-electron chi connectivity index (χ4n) is 4.13. The van der Waals surface area contributed by atoms with Crippen LogP contribution in [0.15, 0.2) is 45.8 Å². The molecule has 0 saturated heterocycles. The van der Waals surface area contributed by atoms with E-state index in [1.165, 1.54) is 26.4 Å². The Morgan fingerprint density at radius 3 is 2.69 bits per heavy atom. The Bertz CT molecular complexity index is 1120. The van der Waals surface area contributed by atoms with E-state index >= 15 is 0 Å². The summed E-state index contributed by atoms with van der Waals surface area (Å²) < 4.78 is 39.7. The maximum Gasteiger partial charge on any atom is 0.266 e. The lowest BCUT2D eigenvalue weighted by Gasteiger charge is -2.21. The highest BCUT2D eigenvalue weighted by molar-refractivity contribution is 7.92. The molecule has 1 heterocycles. The zero-order chi connectivity index (χ0) is 20.4. The molecule has 0 bridgehead atoms. The second-order valence-electron chi connectivity index (χ2n) is 7.53. The molecule has 4 rings (SSSR count). The van der Waals surface area contributed by atoms with E-state index in [2.05, 4.69) is 15.9 Å². The average Bonchev–Trinajstić information content (AvgIpc) is 3.16. The lowest BCUT2D eigenvalue weighted by molar-refractivity contribution is 0.402. The molecule has 0 unspecified atom stereocenters. The molecule has 0 radical (unpaired) electrons. The molecule has 0 aliphatic heterocycles. The predicted octanol–water partition coefficient (Wildman–Crippen LogP) is 5.25. The van der Waals surface area contributed by atoms with E-state index < -0.39 is 10.0 Å². The first-order chi connectivity index (χ1) is 14.0. The molecule has 0 atom stereocenters. The van der Waals surface area contributed by atoms with Gasteiger partial charge in [-0.3, -0.25) is 4.72 Å². The zero-order valence-electron chi connectivity index (χ0n) is 16.8. The standard InChI is InChI=1S/C22H26N2O4S/c1-3-15-12-13-19(27-2)20(14-15)29(25,26)24-22-18-11-7-10-17(21(18)28-23-22)16-8-5-4-6-9-16/h7,10-14,16H,3-6,8-9H2,1-2H3,(H,23,24). The summed E-state index contributed by atoms with van der Waals surface area (Å²) in [4.78, 5) is 0.0962. The Kier molecular flexibility index (Phi) is 5.50. The number of sulfonamides is 1. The molecule has 154 valence electrons. The van der Waals surface area contributed by atoms with Gasteiger partial charge in [-0.05, 0) is 48.9 Å². The quantitative estimate of drug-likeness (QED) is 0.596. The van der Waals surface area contributed by atoms with Crippen LogP contribution in [0.2, 0.25) is 0 Å². The molecule has 6 nitrogen and oxygen atoms in total. The van der Waals surface area contributed by atoms with E-state index in [4.69, 9.17) is 9.26 Å². The van der Waals surface area contributed by atoms with Crippen LogP contribution in [-0.2, 0) is 16.4 Å². The smallest absolute Gasteiger partial charge is 0.266 e. The van der Waals surface area contributed by atoms with Crippen LogP contribution < -0.4 is 9.46 Å². The number of benzene rings is 2. The van der Waals surface area contributed by atoms with Crippen molar-refractivity contribution in [1.82, 2.24) is 5.16 Å². The number of hydrogen-bond acceptors (Lipinski definition) is 5. The van der Waals surface area contributed by atoms with Gasteiger partial charge in [0.05, 0.1) is 12.5 Å². The molecule has 1 aliphatic rings. The lowest BCUT2D eigenvalue weighted by atomic mass is 9.83. The second kappa shape index (κ2) is 8.06. The van der Waals surface area contributed by atoms with E-state index in [1.807, 2.05) is 25.1 Å². The minimum Gasteiger partial charge on any atom is -0.495 e. The van der Waals surface area contributed by atoms with Crippen LogP contribution in [0.1, 0.15) is 56.1 Å². The predicted molar refractivity (Wildman–Crippen MR) is 113 cm³/mol. The summed E-state index contributed by atoms with van der Waals surface area (Å²) in [5, 5.41) is 4.74. The average molecular weight is 415 g/mol. The Morgan fingerprint density at radius 2 is 1.97 bits per heavy atom. The first kappa shape index (κ1) is 19.8. The van der Waals surface area contributed by atoms with Crippen LogP contribution in [0.4, 0.5) is 5.82 Å². The van der Waals surface area contributed by atoms with E-state index in [0.717, 1.165) is 30.4 Å². The summed E-state index contributed by atoms with van der Waals surface area (Å²) in [6.07, 6.45) is 6.67. The third-order valence-corrected chi connectivity index (χ3v) is 7.09. The van der Waals surface area contributed by atoms with Gasteiger partial charge in [0, 0.05) is 5.56 Å². The summed E-state index contributed by atoms with van der Waals surface area (Å²) in [5.74, 6) is 0.943. The van der Waals surface area contributed by atoms with Gasteiger partial charge < -0.3 is 9.26 Å². The highest BCUT2D eigenvalue weighted by Gasteiger charge is 2.25. The van der Waals surface area contributed by atoms with Crippen LogP contribution in [0, 0.1) is 0 Å². The van der Waals surface area contributed by atoms with Crippen LogP contribution in [0.25, 0.3) is 11.0 Å². The van der Waals surface area contributed by atoms with Crippen molar-refractivity contribution >= 4 is 26.8 Å². The number of ether oxygens (including phenoxy) is 1. The first-order valence-corrected chi connectivity index (χ1v) is 11.6. The van der Waals surface area contributed by atoms with Crippen molar-refractivity contribution in [2.24, 2.45) is 0 Å². The summed E-state index contributed by atoms with van der Waals surface area (Å²) in [6.45, 7) is 1.98. The summed E-state index contributed by atoms with van der Waals surface area (Å²) in [5.41, 5.74) is 2.70. The van der Waals surface area contributed by atoms with Crippen molar-refractivity contribution < 1.29 is 17.7 Å². The van der Waals surface area contributed by atoms with E-state index in [-0.39, 0.29) is 10.7 Å². The summed E-state index contributed by atoms with van der Waals surface area (Å²) in [6, 6.07) is 11.0. The van der Waals surface area contributed by atoms with E-state index in [0.29, 0.717) is 22.6 Å².